The Morgan fingerprint density at radius 2 is 1.81 bits per heavy atom. The summed E-state index contributed by atoms with van der Waals surface area (Å²) in [4.78, 5) is 12.6. The molecule has 2 heterocycles. The number of hydrogen-bond acceptors (Lipinski definition) is 3. The average Bonchev–Trinajstić information content (AvgIpc) is 3.33. The van der Waals surface area contributed by atoms with Crippen LogP contribution < -0.4 is 5.32 Å². The Bertz CT molecular complexity index is 1040. The van der Waals surface area contributed by atoms with E-state index in [9.17, 15) is 9.18 Å². The van der Waals surface area contributed by atoms with Gasteiger partial charge in [0.25, 0.3) is 5.91 Å². The lowest BCUT2D eigenvalue weighted by Gasteiger charge is -2.04. The van der Waals surface area contributed by atoms with Crippen molar-refractivity contribution in [2.45, 2.75) is 0 Å². The molecule has 0 saturated heterocycles. The molecular formula is C19H14FN5O. The predicted molar refractivity (Wildman–Crippen MR) is 95.5 cm³/mol. The van der Waals surface area contributed by atoms with Gasteiger partial charge in [-0.1, -0.05) is 18.2 Å². The predicted octanol–water partition coefficient (Wildman–Crippen LogP) is 3.65. The van der Waals surface area contributed by atoms with Crippen LogP contribution in [0.5, 0.6) is 0 Å². The molecule has 0 saturated carbocycles. The van der Waals surface area contributed by atoms with E-state index in [-0.39, 0.29) is 11.7 Å². The zero-order valence-electron chi connectivity index (χ0n) is 13.6. The van der Waals surface area contributed by atoms with E-state index in [0.717, 1.165) is 5.69 Å². The number of anilines is 1. The molecule has 6 nitrogen and oxygen atoms in total. The van der Waals surface area contributed by atoms with Gasteiger partial charge in [-0.15, -0.1) is 0 Å². The number of nitrogens with one attached hydrogen (secondary N) is 2. The lowest BCUT2D eigenvalue weighted by atomic mass is 10.1. The standard InChI is InChI=1S/C19H14FN5O/c20-14-8-6-13(7-9-14)18-17(11-21-24-18)19(26)23-15-10-22-25(12-15)16-4-2-1-3-5-16/h1-12H,(H,21,24)(H,23,26). The van der Waals surface area contributed by atoms with Gasteiger partial charge in [-0.25, -0.2) is 9.07 Å². The lowest BCUT2D eigenvalue weighted by molar-refractivity contribution is 0.102. The van der Waals surface area contributed by atoms with E-state index in [0.29, 0.717) is 22.5 Å². The van der Waals surface area contributed by atoms with Crippen LogP contribution in [-0.2, 0) is 0 Å². The van der Waals surface area contributed by atoms with Crippen molar-refractivity contribution in [2.24, 2.45) is 0 Å². The number of H-pyrrole nitrogens is 1. The Morgan fingerprint density at radius 3 is 2.58 bits per heavy atom. The zero-order valence-corrected chi connectivity index (χ0v) is 13.6. The number of rotatable bonds is 4. The molecule has 26 heavy (non-hydrogen) atoms. The second-order valence-corrected chi connectivity index (χ2v) is 5.63. The molecule has 2 aromatic carbocycles. The van der Waals surface area contributed by atoms with Crippen LogP contribution in [0.3, 0.4) is 0 Å². The number of amides is 1. The van der Waals surface area contributed by atoms with Gasteiger partial charge in [0.1, 0.15) is 5.82 Å². The molecular weight excluding hydrogens is 333 g/mol. The largest absolute Gasteiger partial charge is 0.319 e. The monoisotopic (exact) mass is 347 g/mol. The fourth-order valence-electron chi connectivity index (χ4n) is 2.60. The van der Waals surface area contributed by atoms with Crippen molar-refractivity contribution in [3.63, 3.8) is 0 Å². The highest BCUT2D eigenvalue weighted by molar-refractivity contribution is 6.07. The SMILES string of the molecule is O=C(Nc1cnn(-c2ccccc2)c1)c1cn[nH]c1-c1ccc(F)cc1. The summed E-state index contributed by atoms with van der Waals surface area (Å²) in [6.45, 7) is 0. The highest BCUT2D eigenvalue weighted by Gasteiger charge is 2.16. The van der Waals surface area contributed by atoms with E-state index >= 15 is 0 Å². The van der Waals surface area contributed by atoms with Crippen LogP contribution in [0.4, 0.5) is 10.1 Å². The Labute approximate surface area is 148 Å². The van der Waals surface area contributed by atoms with Crippen LogP contribution in [0.2, 0.25) is 0 Å². The maximum Gasteiger partial charge on any atom is 0.259 e. The number of hydrogen-bond donors (Lipinski definition) is 2. The number of aromatic nitrogens is 4. The van der Waals surface area contributed by atoms with Gasteiger partial charge in [0, 0.05) is 5.56 Å². The maximum atomic E-state index is 13.1. The third kappa shape index (κ3) is 3.10. The van der Waals surface area contributed by atoms with Gasteiger partial charge in [0.2, 0.25) is 0 Å². The Kier molecular flexibility index (Phi) is 4.03. The molecule has 2 N–H and O–H groups in total. The first-order valence-electron chi connectivity index (χ1n) is 7.91. The van der Waals surface area contributed by atoms with Crippen LogP contribution in [0, 0.1) is 5.82 Å². The van der Waals surface area contributed by atoms with E-state index < -0.39 is 0 Å². The normalized spacial score (nSPS) is 10.7. The van der Waals surface area contributed by atoms with Gasteiger partial charge in [-0.2, -0.15) is 10.2 Å². The van der Waals surface area contributed by atoms with Crippen LogP contribution in [-0.4, -0.2) is 25.9 Å². The number of benzene rings is 2. The molecule has 0 bridgehead atoms. The molecule has 1 amide bonds. The van der Waals surface area contributed by atoms with Gasteiger partial charge >= 0.3 is 0 Å². The van der Waals surface area contributed by atoms with Crippen molar-refractivity contribution in [2.75, 3.05) is 5.32 Å². The Hall–Kier alpha value is -3.74. The van der Waals surface area contributed by atoms with Crippen molar-refractivity contribution < 1.29 is 9.18 Å². The van der Waals surface area contributed by atoms with Gasteiger partial charge in [-0.3, -0.25) is 9.89 Å². The lowest BCUT2D eigenvalue weighted by Crippen LogP contribution is -2.11. The summed E-state index contributed by atoms with van der Waals surface area (Å²) in [5.74, 6) is -0.668. The van der Waals surface area contributed by atoms with Crippen LogP contribution in [0.15, 0.2) is 73.2 Å². The molecule has 0 atom stereocenters. The molecule has 0 fully saturated rings. The molecule has 128 valence electrons. The molecule has 7 heteroatoms. The zero-order chi connectivity index (χ0) is 17.9. The van der Waals surface area contributed by atoms with Crippen LogP contribution in [0.1, 0.15) is 10.4 Å². The minimum atomic E-state index is -0.340. The minimum Gasteiger partial charge on any atom is -0.319 e. The summed E-state index contributed by atoms with van der Waals surface area (Å²) in [7, 11) is 0. The van der Waals surface area contributed by atoms with Crippen molar-refractivity contribution >= 4 is 11.6 Å². The van der Waals surface area contributed by atoms with E-state index in [4.69, 9.17) is 0 Å². The number of halogens is 1. The summed E-state index contributed by atoms with van der Waals surface area (Å²) >= 11 is 0. The van der Waals surface area contributed by atoms with Crippen molar-refractivity contribution in [3.05, 3.63) is 84.6 Å². The van der Waals surface area contributed by atoms with Crippen molar-refractivity contribution in [3.8, 4) is 16.9 Å². The number of aromatic amines is 1. The van der Waals surface area contributed by atoms with Gasteiger partial charge in [0.05, 0.1) is 41.2 Å². The molecule has 0 aliphatic heterocycles. The highest BCUT2D eigenvalue weighted by atomic mass is 19.1. The van der Waals surface area contributed by atoms with Gasteiger partial charge in [-0.05, 0) is 36.4 Å². The number of nitrogens with zero attached hydrogens (tertiary/aromatic N) is 3. The first-order valence-corrected chi connectivity index (χ1v) is 7.91. The molecule has 2 aromatic heterocycles. The van der Waals surface area contributed by atoms with Crippen molar-refractivity contribution in [1.82, 2.24) is 20.0 Å². The topological polar surface area (TPSA) is 75.6 Å². The number of carbonyl (C=O) groups is 1. The number of carbonyl (C=O) groups excluding carboxylic acids is 1. The van der Waals surface area contributed by atoms with Crippen LogP contribution in [0.25, 0.3) is 16.9 Å². The fraction of sp³-hybridized carbons (Fsp3) is 0. The van der Waals surface area contributed by atoms with E-state index in [1.165, 1.54) is 18.3 Å². The first kappa shape index (κ1) is 15.8. The number of para-hydroxylation sites is 1. The molecule has 0 aliphatic carbocycles. The summed E-state index contributed by atoms with van der Waals surface area (Å²) in [6, 6.07) is 15.4. The smallest absolute Gasteiger partial charge is 0.259 e. The third-order valence-corrected chi connectivity index (χ3v) is 3.88. The molecule has 0 aliphatic rings. The second kappa shape index (κ2) is 6.64. The molecule has 0 unspecified atom stereocenters. The van der Waals surface area contributed by atoms with E-state index in [1.807, 2.05) is 30.3 Å². The first-order chi connectivity index (χ1) is 12.7. The van der Waals surface area contributed by atoms with E-state index in [1.54, 1.807) is 29.2 Å². The second-order valence-electron chi connectivity index (χ2n) is 5.63. The van der Waals surface area contributed by atoms with E-state index in [2.05, 4.69) is 20.6 Å². The minimum absolute atomic E-state index is 0.328. The fourth-order valence-corrected chi connectivity index (χ4v) is 2.60. The van der Waals surface area contributed by atoms with Gasteiger partial charge < -0.3 is 5.32 Å². The highest BCUT2D eigenvalue weighted by Crippen LogP contribution is 2.22. The summed E-state index contributed by atoms with van der Waals surface area (Å²) in [5, 5.41) is 13.8. The maximum absolute atomic E-state index is 13.1. The van der Waals surface area contributed by atoms with Crippen molar-refractivity contribution in [1.29, 1.82) is 0 Å². The third-order valence-electron chi connectivity index (χ3n) is 3.88. The molecule has 4 rings (SSSR count). The quantitative estimate of drug-likeness (QED) is 0.592. The summed E-state index contributed by atoms with van der Waals surface area (Å²) in [6.07, 6.45) is 4.74. The summed E-state index contributed by atoms with van der Waals surface area (Å²) < 4.78 is 14.8. The molecule has 4 aromatic rings. The Balaban J connectivity index is 1.56. The van der Waals surface area contributed by atoms with Gasteiger partial charge in [0.15, 0.2) is 0 Å². The average molecular weight is 347 g/mol. The Morgan fingerprint density at radius 1 is 1.04 bits per heavy atom. The summed E-state index contributed by atoms with van der Waals surface area (Å²) in [5.41, 5.74) is 3.02. The van der Waals surface area contributed by atoms with Crippen LogP contribution >= 0.6 is 0 Å². The molecule has 0 radical (unpaired) electrons. The molecule has 0 spiro atoms.